The van der Waals surface area contributed by atoms with Gasteiger partial charge in [0, 0.05) is 35.8 Å². The zero-order valence-corrected chi connectivity index (χ0v) is 18.1. The van der Waals surface area contributed by atoms with E-state index in [9.17, 15) is 0 Å². The lowest BCUT2D eigenvalue weighted by molar-refractivity contribution is 0.348. The Morgan fingerprint density at radius 1 is 1.29 bits per heavy atom. The van der Waals surface area contributed by atoms with Gasteiger partial charge in [0.05, 0.1) is 13.3 Å². The first-order chi connectivity index (χ1) is 13.3. The summed E-state index contributed by atoms with van der Waals surface area (Å²) in [4.78, 5) is 12.5. The normalized spacial score (nSPS) is 23.8. The van der Waals surface area contributed by atoms with Crippen molar-refractivity contribution in [2.75, 3.05) is 30.9 Å². The molecular weight excluding hydrogens is 392 g/mol. The maximum absolute atomic E-state index is 5.52. The van der Waals surface area contributed by atoms with Crippen LogP contribution in [-0.4, -0.2) is 48.0 Å². The number of ether oxygens (including phenoxy) is 1. The number of nitrogens with zero attached hydrogens (tertiary/aromatic N) is 3. The summed E-state index contributed by atoms with van der Waals surface area (Å²) in [6.07, 6.45) is 7.01. The van der Waals surface area contributed by atoms with Crippen molar-refractivity contribution in [3.63, 3.8) is 0 Å². The first-order valence-electron chi connectivity index (χ1n) is 9.83. The second-order valence-corrected chi connectivity index (χ2v) is 8.46. The van der Waals surface area contributed by atoms with E-state index in [4.69, 9.17) is 4.74 Å². The topological polar surface area (TPSA) is 50.3 Å². The van der Waals surface area contributed by atoms with Crippen molar-refractivity contribution < 1.29 is 4.74 Å². The molecule has 0 amide bonds. The van der Waals surface area contributed by atoms with E-state index in [2.05, 4.69) is 51.4 Å². The molecule has 2 aliphatic heterocycles. The van der Waals surface area contributed by atoms with Crippen molar-refractivity contribution in [2.24, 2.45) is 0 Å². The van der Waals surface area contributed by atoms with Gasteiger partial charge in [-0.15, -0.1) is 24.2 Å². The van der Waals surface area contributed by atoms with E-state index in [1.807, 2.05) is 11.8 Å². The second-order valence-electron chi connectivity index (χ2n) is 7.39. The molecule has 1 saturated heterocycles. The summed E-state index contributed by atoms with van der Waals surface area (Å²) >= 11 is 2.01. The zero-order chi connectivity index (χ0) is 18.6. The number of hydrogen-bond acceptors (Lipinski definition) is 6. The molecule has 0 aliphatic carbocycles. The van der Waals surface area contributed by atoms with Crippen LogP contribution in [0.5, 0.6) is 5.75 Å². The Bertz CT molecular complexity index is 778. The van der Waals surface area contributed by atoms with Gasteiger partial charge in [0.2, 0.25) is 0 Å². The molecule has 152 valence electrons. The van der Waals surface area contributed by atoms with Gasteiger partial charge in [0.1, 0.15) is 6.33 Å². The fourth-order valence-corrected chi connectivity index (χ4v) is 5.67. The average Bonchev–Trinajstić information content (AvgIpc) is 3.12. The van der Waals surface area contributed by atoms with Gasteiger partial charge in [-0.05, 0) is 37.3 Å². The molecule has 0 saturated carbocycles. The van der Waals surface area contributed by atoms with Crippen molar-refractivity contribution in [3.8, 4) is 5.75 Å². The molecule has 3 heterocycles. The number of methoxy groups -OCH3 is 1. The first kappa shape index (κ1) is 21.2. The van der Waals surface area contributed by atoms with E-state index in [0.717, 1.165) is 31.1 Å². The lowest BCUT2D eigenvalue weighted by Crippen LogP contribution is -2.57. The predicted molar refractivity (Wildman–Crippen MR) is 118 cm³/mol. The Hall–Kier alpha value is -1.50. The maximum Gasteiger partial charge on any atom is 0.179 e. The number of anilines is 1. The fraction of sp³-hybridized carbons (Fsp3) is 0.524. The minimum Gasteiger partial charge on any atom is -0.491 e. The summed E-state index contributed by atoms with van der Waals surface area (Å²) in [5.74, 6) is 3.60. The molecule has 0 spiro atoms. The van der Waals surface area contributed by atoms with E-state index >= 15 is 0 Å². The van der Waals surface area contributed by atoms with Crippen LogP contribution in [0.2, 0.25) is 0 Å². The Balaban J connectivity index is 0.00000225. The van der Waals surface area contributed by atoms with Crippen LogP contribution < -0.4 is 15.0 Å². The van der Waals surface area contributed by atoms with E-state index in [0.29, 0.717) is 18.0 Å². The highest BCUT2D eigenvalue weighted by molar-refractivity contribution is 7.99. The summed E-state index contributed by atoms with van der Waals surface area (Å²) in [7, 11) is 1.69. The highest BCUT2D eigenvalue weighted by Crippen LogP contribution is 2.42. The van der Waals surface area contributed by atoms with Crippen LogP contribution in [0.4, 0.5) is 5.82 Å². The van der Waals surface area contributed by atoms with Crippen LogP contribution in [0.15, 0.2) is 41.7 Å². The van der Waals surface area contributed by atoms with Crippen LogP contribution in [0, 0.1) is 0 Å². The molecule has 0 radical (unpaired) electrons. The van der Waals surface area contributed by atoms with E-state index in [1.165, 1.54) is 23.5 Å². The largest absolute Gasteiger partial charge is 0.491 e. The third-order valence-corrected chi connectivity index (χ3v) is 7.05. The van der Waals surface area contributed by atoms with E-state index in [-0.39, 0.29) is 12.4 Å². The van der Waals surface area contributed by atoms with Crippen LogP contribution >= 0.6 is 24.2 Å². The van der Waals surface area contributed by atoms with Crippen molar-refractivity contribution in [1.29, 1.82) is 0 Å². The molecule has 2 aromatic rings. The third kappa shape index (κ3) is 4.39. The third-order valence-electron chi connectivity index (χ3n) is 5.80. The summed E-state index contributed by atoms with van der Waals surface area (Å²) in [5.41, 5.74) is 1.55. The average molecular weight is 421 g/mol. The molecule has 3 unspecified atom stereocenters. The molecule has 7 heteroatoms. The molecule has 3 atom stereocenters. The van der Waals surface area contributed by atoms with E-state index in [1.54, 1.807) is 25.2 Å². The number of halogens is 1. The predicted octanol–water partition coefficient (Wildman–Crippen LogP) is 4.13. The number of rotatable bonds is 6. The fourth-order valence-electron chi connectivity index (χ4n) is 4.36. The first-order valence-corrected chi connectivity index (χ1v) is 10.8. The van der Waals surface area contributed by atoms with Gasteiger partial charge in [-0.3, -0.25) is 0 Å². The van der Waals surface area contributed by atoms with Gasteiger partial charge in [0.15, 0.2) is 11.6 Å². The lowest BCUT2D eigenvalue weighted by Gasteiger charge is -2.42. The monoisotopic (exact) mass is 420 g/mol. The smallest absolute Gasteiger partial charge is 0.179 e. The number of hydrogen-bond donors (Lipinski definition) is 1. The summed E-state index contributed by atoms with van der Waals surface area (Å²) < 4.78 is 5.52. The standard InChI is InChI=1S/C21H28N4OS.ClH/c1-15-18(8-5-6-16-13-27-20-9-4-3-7-17(16)20)25(11-10-23-15)21-19(26-2)12-22-14-24-21;/h3-4,7,9,12,14-16,18,23H,5-6,8,10-11,13H2,1-2H3;1H. The molecule has 1 aromatic heterocycles. The number of nitrogens with one attached hydrogen (secondary N) is 1. The van der Waals surface area contributed by atoms with Gasteiger partial charge >= 0.3 is 0 Å². The van der Waals surface area contributed by atoms with Gasteiger partial charge in [-0.25, -0.2) is 9.97 Å². The Morgan fingerprint density at radius 2 is 2.14 bits per heavy atom. The molecule has 1 aromatic carbocycles. The minimum atomic E-state index is 0. The second kappa shape index (κ2) is 9.81. The van der Waals surface area contributed by atoms with Gasteiger partial charge in [-0.1, -0.05) is 24.6 Å². The Kier molecular flexibility index (Phi) is 7.43. The summed E-state index contributed by atoms with van der Waals surface area (Å²) in [6.45, 7) is 4.20. The van der Waals surface area contributed by atoms with Crippen LogP contribution in [0.1, 0.15) is 37.7 Å². The van der Waals surface area contributed by atoms with Crippen LogP contribution in [0.3, 0.4) is 0 Å². The van der Waals surface area contributed by atoms with Crippen molar-refractivity contribution in [1.82, 2.24) is 15.3 Å². The van der Waals surface area contributed by atoms with Crippen molar-refractivity contribution in [2.45, 2.75) is 49.1 Å². The molecule has 4 rings (SSSR count). The van der Waals surface area contributed by atoms with Crippen LogP contribution in [-0.2, 0) is 0 Å². The molecule has 1 fully saturated rings. The van der Waals surface area contributed by atoms with Crippen LogP contribution in [0.25, 0.3) is 0 Å². The number of benzene rings is 1. The molecule has 2 aliphatic rings. The SMILES string of the molecule is COc1cncnc1N1CCNC(C)C1CCCC1CSc2ccccc21.Cl. The molecule has 1 N–H and O–H groups in total. The summed E-state index contributed by atoms with van der Waals surface area (Å²) in [6, 6.07) is 9.75. The highest BCUT2D eigenvalue weighted by atomic mass is 35.5. The highest BCUT2D eigenvalue weighted by Gasteiger charge is 2.31. The Labute approximate surface area is 178 Å². The van der Waals surface area contributed by atoms with Gasteiger partial charge in [0.25, 0.3) is 0 Å². The summed E-state index contributed by atoms with van der Waals surface area (Å²) in [5, 5.41) is 3.63. The lowest BCUT2D eigenvalue weighted by atomic mass is 9.92. The van der Waals surface area contributed by atoms with Crippen molar-refractivity contribution in [3.05, 3.63) is 42.4 Å². The quantitative estimate of drug-likeness (QED) is 0.758. The number of fused-ring (bicyclic) bond motifs is 1. The number of thioether (sulfide) groups is 1. The number of aromatic nitrogens is 2. The van der Waals surface area contributed by atoms with Gasteiger partial charge < -0.3 is 15.0 Å². The molecule has 28 heavy (non-hydrogen) atoms. The van der Waals surface area contributed by atoms with E-state index < -0.39 is 0 Å². The molecular formula is C21H29ClN4OS. The minimum absolute atomic E-state index is 0. The Morgan fingerprint density at radius 3 is 3.00 bits per heavy atom. The molecule has 0 bridgehead atoms. The zero-order valence-electron chi connectivity index (χ0n) is 16.5. The van der Waals surface area contributed by atoms with Gasteiger partial charge in [-0.2, -0.15) is 0 Å². The maximum atomic E-state index is 5.52. The molecule has 5 nitrogen and oxygen atoms in total. The van der Waals surface area contributed by atoms with Crippen molar-refractivity contribution >= 4 is 30.0 Å². The number of piperazine rings is 1.